The Morgan fingerprint density at radius 2 is 1.77 bits per heavy atom. The van der Waals surface area contributed by atoms with E-state index in [0.717, 1.165) is 12.8 Å². The van der Waals surface area contributed by atoms with Crippen LogP contribution in [0.25, 0.3) is 0 Å². The molecule has 3 N–H and O–H groups in total. The normalized spacial score (nSPS) is 13.4. The van der Waals surface area contributed by atoms with Crippen molar-refractivity contribution in [3.8, 4) is 0 Å². The highest BCUT2D eigenvalue weighted by molar-refractivity contribution is 5.85. The van der Waals surface area contributed by atoms with Gasteiger partial charge in [-0.1, -0.05) is 52.0 Å². The third-order valence-electron chi connectivity index (χ3n) is 3.85. The number of nitrogens with two attached hydrogens (primary N) is 1. The van der Waals surface area contributed by atoms with Gasteiger partial charge in [-0.3, -0.25) is 4.79 Å². The summed E-state index contributed by atoms with van der Waals surface area (Å²) in [6.45, 7) is 9.04. The first-order valence-electron chi connectivity index (χ1n) is 8.04. The van der Waals surface area contributed by atoms with Gasteiger partial charge >= 0.3 is 0 Å². The van der Waals surface area contributed by atoms with Gasteiger partial charge in [0.15, 0.2) is 0 Å². The Balaban J connectivity index is 0.00000441. The molecule has 3 nitrogen and oxygen atoms in total. The Morgan fingerprint density at radius 1 is 1.18 bits per heavy atom. The predicted octanol–water partition coefficient (Wildman–Crippen LogP) is 3.65. The first-order chi connectivity index (χ1) is 9.96. The number of rotatable bonds is 8. The van der Waals surface area contributed by atoms with Crippen molar-refractivity contribution < 1.29 is 4.79 Å². The van der Waals surface area contributed by atoms with Crippen LogP contribution in [0.1, 0.15) is 57.6 Å². The number of hydrogen-bond donors (Lipinski definition) is 2. The highest BCUT2D eigenvalue weighted by Crippen LogP contribution is 2.19. The maximum absolute atomic E-state index is 12.1. The van der Waals surface area contributed by atoms with Crippen molar-refractivity contribution in [2.45, 2.75) is 58.9 Å². The van der Waals surface area contributed by atoms with Crippen molar-refractivity contribution >= 4 is 18.3 Å². The number of halogens is 1. The Hall–Kier alpha value is -1.06. The summed E-state index contributed by atoms with van der Waals surface area (Å²) >= 11 is 0. The van der Waals surface area contributed by atoms with Gasteiger partial charge < -0.3 is 11.1 Å². The first-order valence-corrected chi connectivity index (χ1v) is 8.04. The molecule has 0 aliphatic carbocycles. The van der Waals surface area contributed by atoms with Crippen molar-refractivity contribution in [2.75, 3.05) is 6.54 Å². The maximum Gasteiger partial charge on any atom is 0.220 e. The molecule has 2 atom stereocenters. The molecule has 0 heterocycles. The molecule has 0 aliphatic rings. The fourth-order valence-electron chi connectivity index (χ4n) is 2.55. The summed E-state index contributed by atoms with van der Waals surface area (Å²) in [5, 5.41) is 3.06. The standard InChI is InChI=1S/C18H30N2O.ClH/c1-5-15-6-8-16(9-7-15)14(4)11-18(21)20-17(12-19)10-13(2)3;/h6-9,13-14,17H,5,10-12,19H2,1-4H3,(H,20,21);1H. The van der Waals surface area contributed by atoms with Crippen LogP contribution in [0.3, 0.4) is 0 Å². The van der Waals surface area contributed by atoms with Gasteiger partial charge in [0.25, 0.3) is 0 Å². The summed E-state index contributed by atoms with van der Waals surface area (Å²) in [5.41, 5.74) is 8.28. The number of aryl methyl sites for hydroxylation is 1. The lowest BCUT2D eigenvalue weighted by molar-refractivity contribution is -0.122. The average Bonchev–Trinajstić information content (AvgIpc) is 2.45. The van der Waals surface area contributed by atoms with E-state index in [0.29, 0.717) is 18.9 Å². The topological polar surface area (TPSA) is 55.1 Å². The Morgan fingerprint density at radius 3 is 2.23 bits per heavy atom. The molecule has 1 rings (SSSR count). The van der Waals surface area contributed by atoms with Crippen molar-refractivity contribution in [2.24, 2.45) is 11.7 Å². The molecule has 0 fully saturated rings. The van der Waals surface area contributed by atoms with E-state index in [1.807, 2.05) is 0 Å². The lowest BCUT2D eigenvalue weighted by Crippen LogP contribution is -2.41. The predicted molar refractivity (Wildman–Crippen MR) is 96.5 cm³/mol. The van der Waals surface area contributed by atoms with Crippen LogP contribution in [0.2, 0.25) is 0 Å². The molecule has 126 valence electrons. The minimum atomic E-state index is 0. The Labute approximate surface area is 141 Å². The number of carbonyl (C=O) groups excluding carboxylic acids is 1. The lowest BCUT2D eigenvalue weighted by Gasteiger charge is -2.20. The quantitative estimate of drug-likeness (QED) is 0.766. The third-order valence-corrected chi connectivity index (χ3v) is 3.85. The summed E-state index contributed by atoms with van der Waals surface area (Å²) in [5.74, 6) is 0.865. The van der Waals surface area contributed by atoms with E-state index in [-0.39, 0.29) is 30.3 Å². The zero-order valence-corrected chi connectivity index (χ0v) is 15.1. The van der Waals surface area contributed by atoms with Gasteiger partial charge in [-0.2, -0.15) is 0 Å². The molecule has 1 aromatic carbocycles. The van der Waals surface area contributed by atoms with Crippen LogP contribution in [0.5, 0.6) is 0 Å². The van der Waals surface area contributed by atoms with Crippen molar-refractivity contribution in [1.29, 1.82) is 0 Å². The molecule has 0 aromatic heterocycles. The van der Waals surface area contributed by atoms with Crippen molar-refractivity contribution in [3.05, 3.63) is 35.4 Å². The van der Waals surface area contributed by atoms with Crippen molar-refractivity contribution in [1.82, 2.24) is 5.32 Å². The fraction of sp³-hybridized carbons (Fsp3) is 0.611. The summed E-state index contributed by atoms with van der Waals surface area (Å²) in [4.78, 5) is 12.1. The van der Waals surface area contributed by atoms with Gasteiger partial charge in [0.05, 0.1) is 0 Å². The summed E-state index contributed by atoms with van der Waals surface area (Å²) in [6, 6.07) is 8.64. The van der Waals surface area contributed by atoms with Gasteiger partial charge in [-0.25, -0.2) is 0 Å². The highest BCUT2D eigenvalue weighted by atomic mass is 35.5. The van der Waals surface area contributed by atoms with Crippen LogP contribution in [0.15, 0.2) is 24.3 Å². The average molecular weight is 327 g/mol. The van der Waals surface area contributed by atoms with E-state index in [9.17, 15) is 4.79 Å². The number of amides is 1. The van der Waals surface area contributed by atoms with Gasteiger partial charge in [0, 0.05) is 19.0 Å². The van der Waals surface area contributed by atoms with E-state index >= 15 is 0 Å². The van der Waals surface area contributed by atoms with E-state index in [1.54, 1.807) is 0 Å². The molecule has 1 amide bonds. The second-order valence-electron chi connectivity index (χ2n) is 6.33. The van der Waals surface area contributed by atoms with E-state index in [2.05, 4.69) is 57.3 Å². The molecule has 2 unspecified atom stereocenters. The fourth-order valence-corrected chi connectivity index (χ4v) is 2.55. The molecular formula is C18H31ClN2O. The Kier molecular flexibility index (Phi) is 10.1. The third kappa shape index (κ3) is 7.28. The molecule has 0 aliphatic heterocycles. The minimum Gasteiger partial charge on any atom is -0.352 e. The van der Waals surface area contributed by atoms with Crippen LogP contribution >= 0.6 is 12.4 Å². The summed E-state index contributed by atoms with van der Waals surface area (Å²) < 4.78 is 0. The van der Waals surface area contributed by atoms with E-state index < -0.39 is 0 Å². The maximum atomic E-state index is 12.1. The number of nitrogens with one attached hydrogen (secondary N) is 1. The summed E-state index contributed by atoms with van der Waals surface area (Å²) in [7, 11) is 0. The second-order valence-corrected chi connectivity index (χ2v) is 6.33. The van der Waals surface area contributed by atoms with Gasteiger partial charge in [0.1, 0.15) is 0 Å². The van der Waals surface area contributed by atoms with E-state index in [1.165, 1.54) is 11.1 Å². The highest BCUT2D eigenvalue weighted by Gasteiger charge is 2.15. The van der Waals surface area contributed by atoms with Crippen LogP contribution in [-0.4, -0.2) is 18.5 Å². The molecule has 0 radical (unpaired) electrons. The zero-order chi connectivity index (χ0) is 15.8. The van der Waals surface area contributed by atoms with Gasteiger partial charge in [-0.05, 0) is 35.8 Å². The molecule has 0 bridgehead atoms. The monoisotopic (exact) mass is 326 g/mol. The molecule has 0 saturated carbocycles. The van der Waals surface area contributed by atoms with Crippen LogP contribution in [0.4, 0.5) is 0 Å². The minimum absolute atomic E-state index is 0. The van der Waals surface area contributed by atoms with Gasteiger partial charge in [0.2, 0.25) is 5.91 Å². The molecule has 0 spiro atoms. The largest absolute Gasteiger partial charge is 0.352 e. The number of carbonyl (C=O) groups is 1. The van der Waals surface area contributed by atoms with Crippen LogP contribution in [-0.2, 0) is 11.2 Å². The number of benzene rings is 1. The van der Waals surface area contributed by atoms with Crippen molar-refractivity contribution in [3.63, 3.8) is 0 Å². The number of hydrogen-bond acceptors (Lipinski definition) is 2. The molecule has 4 heteroatoms. The van der Waals surface area contributed by atoms with Gasteiger partial charge in [-0.15, -0.1) is 12.4 Å². The zero-order valence-electron chi connectivity index (χ0n) is 14.3. The second kappa shape index (κ2) is 10.6. The first kappa shape index (κ1) is 20.9. The molecule has 1 aromatic rings. The summed E-state index contributed by atoms with van der Waals surface area (Å²) in [6.07, 6.45) is 2.49. The Bertz CT molecular complexity index is 431. The van der Waals surface area contributed by atoms with Crippen LogP contribution in [0, 0.1) is 5.92 Å². The molecule has 22 heavy (non-hydrogen) atoms. The van der Waals surface area contributed by atoms with E-state index in [4.69, 9.17) is 5.73 Å². The molecular weight excluding hydrogens is 296 g/mol. The lowest BCUT2D eigenvalue weighted by atomic mass is 9.95. The van der Waals surface area contributed by atoms with Crippen LogP contribution < -0.4 is 11.1 Å². The SMILES string of the molecule is CCc1ccc(C(C)CC(=O)NC(CN)CC(C)C)cc1.Cl. The molecule has 0 saturated heterocycles. The smallest absolute Gasteiger partial charge is 0.220 e.